The number of carbonyl (C=O) groups excluding carboxylic acids is 1. The Morgan fingerprint density at radius 3 is 2.50 bits per heavy atom. The van der Waals surface area contributed by atoms with Crippen molar-refractivity contribution in [2.45, 2.75) is 38.1 Å². The predicted molar refractivity (Wildman–Crippen MR) is 114 cm³/mol. The summed E-state index contributed by atoms with van der Waals surface area (Å²) in [6.07, 6.45) is 2.54. The maximum atomic E-state index is 13.3. The number of methoxy groups -OCH3 is 1. The quantitative estimate of drug-likeness (QED) is 0.490. The van der Waals surface area contributed by atoms with Gasteiger partial charge in [-0.25, -0.2) is 0 Å². The van der Waals surface area contributed by atoms with E-state index in [0.29, 0.717) is 45.5 Å². The Hall–Kier alpha value is -1.73. The van der Waals surface area contributed by atoms with Gasteiger partial charge in [0.25, 0.3) is 0 Å². The summed E-state index contributed by atoms with van der Waals surface area (Å²) < 4.78 is 5.38. The summed E-state index contributed by atoms with van der Waals surface area (Å²) in [6.45, 7) is 3.94. The van der Waals surface area contributed by atoms with E-state index in [2.05, 4.69) is 11.4 Å². The Morgan fingerprint density at radius 1 is 1.21 bits per heavy atom. The van der Waals surface area contributed by atoms with E-state index >= 15 is 0 Å². The van der Waals surface area contributed by atoms with Crippen molar-refractivity contribution in [3.63, 3.8) is 0 Å². The Kier molecular flexibility index (Phi) is 6.88. The largest absolute Gasteiger partial charge is 0.633 e. The number of hydrogen-bond acceptors (Lipinski definition) is 4. The molecule has 0 unspecified atom stereocenters. The third-order valence-electron chi connectivity index (χ3n) is 5.77. The highest BCUT2D eigenvalue weighted by Crippen LogP contribution is 2.36. The molecule has 1 amide bonds. The standard InChI is InChI=1S/C22H30N2O3S/c1-3-21(25)23(19-8-5-4-6-9-19)22(18-27-2)12-15-24(26,16-13-22)14-11-20-10-7-17-28-20/h4-10,17H,3,11-16,18H2,1-2H3. The second-order valence-electron chi connectivity index (χ2n) is 7.63. The van der Waals surface area contributed by atoms with Crippen LogP contribution in [0.5, 0.6) is 0 Å². The summed E-state index contributed by atoms with van der Waals surface area (Å²) in [4.78, 5) is 16.1. The third-order valence-corrected chi connectivity index (χ3v) is 6.70. The first-order valence-electron chi connectivity index (χ1n) is 9.98. The average molecular weight is 403 g/mol. The number of rotatable bonds is 8. The topological polar surface area (TPSA) is 52.6 Å². The molecule has 0 bridgehead atoms. The summed E-state index contributed by atoms with van der Waals surface area (Å²) in [5.41, 5.74) is 0.425. The second-order valence-corrected chi connectivity index (χ2v) is 8.67. The summed E-state index contributed by atoms with van der Waals surface area (Å²) in [5.74, 6) is 0.0766. The molecule has 0 radical (unpaired) electrons. The van der Waals surface area contributed by atoms with Crippen LogP contribution < -0.4 is 4.90 Å². The van der Waals surface area contributed by atoms with E-state index in [1.165, 1.54) is 4.88 Å². The number of amides is 1. The van der Waals surface area contributed by atoms with E-state index in [1.807, 2.05) is 48.2 Å². The maximum Gasteiger partial charge on any atom is 0.227 e. The number of hydroxylamine groups is 3. The monoisotopic (exact) mass is 402 g/mol. The van der Waals surface area contributed by atoms with Crippen molar-refractivity contribution in [2.24, 2.45) is 0 Å². The van der Waals surface area contributed by atoms with Crippen LogP contribution in [0.15, 0.2) is 47.8 Å². The summed E-state index contributed by atoms with van der Waals surface area (Å²) >= 11 is 1.71. The first-order chi connectivity index (χ1) is 13.5. The van der Waals surface area contributed by atoms with Crippen molar-refractivity contribution in [1.29, 1.82) is 0 Å². The molecule has 1 aromatic heterocycles. The number of para-hydroxylation sites is 1. The number of piperidine rings is 1. The molecule has 0 saturated carbocycles. The lowest BCUT2D eigenvalue weighted by molar-refractivity contribution is -0.886. The SMILES string of the molecule is CCC(=O)N(c1ccccc1)C1(COC)CC[N+]([O-])(CCc2cccs2)CC1. The molecule has 1 fully saturated rings. The number of thiophene rings is 1. The second kappa shape index (κ2) is 9.18. The zero-order chi connectivity index (χ0) is 20.0. The van der Waals surface area contributed by atoms with Gasteiger partial charge in [0, 0.05) is 43.4 Å². The minimum atomic E-state index is -0.460. The van der Waals surface area contributed by atoms with Gasteiger partial charge in [-0.2, -0.15) is 0 Å². The minimum Gasteiger partial charge on any atom is -0.633 e. The van der Waals surface area contributed by atoms with Crippen molar-refractivity contribution in [3.8, 4) is 0 Å². The molecule has 0 N–H and O–H groups in total. The Balaban J connectivity index is 1.79. The van der Waals surface area contributed by atoms with E-state index in [0.717, 1.165) is 12.1 Å². The normalized spacial score (nSPS) is 24.8. The van der Waals surface area contributed by atoms with Gasteiger partial charge in [-0.05, 0) is 23.6 Å². The number of hydrogen-bond donors (Lipinski definition) is 0. The number of nitrogens with zero attached hydrogens (tertiary/aromatic N) is 2. The molecule has 0 spiro atoms. The number of ether oxygens (including phenoxy) is 1. The summed E-state index contributed by atoms with van der Waals surface area (Å²) in [5, 5.41) is 15.4. The fourth-order valence-corrected chi connectivity index (χ4v) is 4.87. The summed E-state index contributed by atoms with van der Waals surface area (Å²) in [6, 6.07) is 13.9. The van der Waals surface area contributed by atoms with Gasteiger partial charge >= 0.3 is 0 Å². The highest BCUT2D eigenvalue weighted by molar-refractivity contribution is 7.09. The number of quaternary nitrogens is 1. The first-order valence-corrected chi connectivity index (χ1v) is 10.9. The van der Waals surface area contributed by atoms with E-state index < -0.39 is 5.54 Å². The Bertz CT molecular complexity index is 740. The van der Waals surface area contributed by atoms with Gasteiger partial charge in [-0.15, -0.1) is 11.3 Å². The molecule has 1 aromatic carbocycles. The van der Waals surface area contributed by atoms with Crippen LogP contribution in [0.2, 0.25) is 0 Å². The zero-order valence-corrected chi connectivity index (χ0v) is 17.6. The van der Waals surface area contributed by atoms with Crippen molar-refractivity contribution >= 4 is 22.9 Å². The van der Waals surface area contributed by atoms with Gasteiger partial charge in [0.15, 0.2) is 0 Å². The van der Waals surface area contributed by atoms with Gasteiger partial charge < -0.3 is 19.5 Å². The molecule has 1 aliphatic rings. The zero-order valence-electron chi connectivity index (χ0n) is 16.8. The molecular weight excluding hydrogens is 372 g/mol. The smallest absolute Gasteiger partial charge is 0.227 e. The van der Waals surface area contributed by atoms with Crippen LogP contribution in [0, 0.1) is 5.21 Å². The van der Waals surface area contributed by atoms with Crippen LogP contribution in [0.1, 0.15) is 31.1 Å². The highest BCUT2D eigenvalue weighted by Gasteiger charge is 2.46. The maximum absolute atomic E-state index is 13.3. The van der Waals surface area contributed by atoms with Crippen LogP contribution in [-0.4, -0.2) is 49.4 Å². The van der Waals surface area contributed by atoms with Crippen LogP contribution >= 0.6 is 11.3 Å². The molecule has 0 aliphatic carbocycles. The fourth-order valence-electron chi connectivity index (χ4n) is 4.17. The molecule has 28 heavy (non-hydrogen) atoms. The van der Waals surface area contributed by atoms with E-state index in [9.17, 15) is 10.0 Å². The average Bonchev–Trinajstić information content (AvgIpc) is 3.24. The van der Waals surface area contributed by atoms with Crippen LogP contribution in [0.4, 0.5) is 5.69 Å². The van der Waals surface area contributed by atoms with Crippen molar-refractivity contribution in [2.75, 3.05) is 38.3 Å². The molecule has 2 heterocycles. The highest BCUT2D eigenvalue weighted by atomic mass is 32.1. The van der Waals surface area contributed by atoms with E-state index in [-0.39, 0.29) is 10.6 Å². The van der Waals surface area contributed by atoms with E-state index in [4.69, 9.17) is 4.74 Å². The lowest BCUT2D eigenvalue weighted by Gasteiger charge is -2.54. The Morgan fingerprint density at radius 2 is 1.93 bits per heavy atom. The molecule has 1 saturated heterocycles. The van der Waals surface area contributed by atoms with Crippen LogP contribution in [0.3, 0.4) is 0 Å². The van der Waals surface area contributed by atoms with Crippen LogP contribution in [-0.2, 0) is 16.0 Å². The molecule has 2 aromatic rings. The first kappa shape index (κ1) is 21.0. The minimum absolute atomic E-state index is 0.0766. The van der Waals surface area contributed by atoms with Crippen LogP contribution in [0.25, 0.3) is 0 Å². The predicted octanol–water partition coefficient (Wildman–Crippen LogP) is 4.23. The van der Waals surface area contributed by atoms with Gasteiger partial charge in [-0.1, -0.05) is 31.2 Å². The van der Waals surface area contributed by atoms with E-state index in [1.54, 1.807) is 18.4 Å². The molecule has 5 nitrogen and oxygen atoms in total. The lowest BCUT2D eigenvalue weighted by atomic mass is 9.84. The number of anilines is 1. The molecule has 6 heteroatoms. The third kappa shape index (κ3) is 4.63. The lowest BCUT2D eigenvalue weighted by Crippen LogP contribution is -2.64. The number of carbonyl (C=O) groups is 1. The van der Waals surface area contributed by atoms with Crippen molar-refractivity contribution < 1.29 is 14.2 Å². The van der Waals surface area contributed by atoms with Gasteiger partial charge in [0.2, 0.25) is 5.91 Å². The van der Waals surface area contributed by atoms with Crippen molar-refractivity contribution in [1.82, 2.24) is 0 Å². The van der Waals surface area contributed by atoms with Crippen molar-refractivity contribution in [3.05, 3.63) is 57.9 Å². The molecule has 0 atom stereocenters. The van der Waals surface area contributed by atoms with Gasteiger partial charge in [-0.3, -0.25) is 4.79 Å². The van der Waals surface area contributed by atoms with Gasteiger partial charge in [0.1, 0.15) is 0 Å². The molecular formula is C22H30N2O3S. The number of likely N-dealkylation sites (tertiary alicyclic amines) is 1. The Labute approximate surface area is 171 Å². The number of benzene rings is 1. The van der Waals surface area contributed by atoms with Gasteiger partial charge in [0.05, 0.1) is 31.8 Å². The summed E-state index contributed by atoms with van der Waals surface area (Å²) in [7, 11) is 1.67. The fraction of sp³-hybridized carbons (Fsp3) is 0.500. The molecule has 152 valence electrons. The molecule has 1 aliphatic heterocycles. The molecule has 3 rings (SSSR count).